The summed E-state index contributed by atoms with van der Waals surface area (Å²) in [4.78, 5) is 25.6. The van der Waals surface area contributed by atoms with Crippen molar-refractivity contribution in [2.24, 2.45) is 0 Å². The Morgan fingerprint density at radius 2 is 2.25 bits per heavy atom. The van der Waals surface area contributed by atoms with Crippen LogP contribution in [-0.4, -0.2) is 22.0 Å². The number of carboxylic acid groups (broad SMARTS) is 1. The van der Waals surface area contributed by atoms with Gasteiger partial charge in [0.1, 0.15) is 0 Å². The molecule has 1 unspecified atom stereocenters. The molecule has 0 saturated heterocycles. The number of hydrogen-bond acceptors (Lipinski definition) is 3. The van der Waals surface area contributed by atoms with E-state index >= 15 is 0 Å². The number of pyridine rings is 1. The van der Waals surface area contributed by atoms with E-state index in [1.54, 1.807) is 18.5 Å². The summed E-state index contributed by atoms with van der Waals surface area (Å²) >= 11 is 0. The number of hydrogen-bond donors (Lipinski definition) is 2. The van der Waals surface area contributed by atoms with Crippen LogP contribution in [0.4, 0.5) is 0 Å². The molecule has 0 aliphatic heterocycles. The molecule has 0 aliphatic carbocycles. The number of carbonyl (C=O) groups excluding carboxylic acids is 1. The van der Waals surface area contributed by atoms with Crippen LogP contribution in [0, 0.1) is 6.92 Å². The molecule has 0 fully saturated rings. The molecule has 1 aromatic heterocycles. The second kappa shape index (κ2) is 5.25. The van der Waals surface area contributed by atoms with Crippen molar-refractivity contribution in [2.45, 2.75) is 26.3 Å². The zero-order valence-corrected chi connectivity index (χ0v) is 9.23. The highest BCUT2D eigenvalue weighted by Gasteiger charge is 2.18. The van der Waals surface area contributed by atoms with Gasteiger partial charge in [-0.05, 0) is 24.1 Å². The molecule has 0 bridgehead atoms. The summed E-state index contributed by atoms with van der Waals surface area (Å²) in [5.74, 6) is -1.21. The third kappa shape index (κ3) is 3.34. The Kier molecular flexibility index (Phi) is 3.99. The summed E-state index contributed by atoms with van der Waals surface area (Å²) in [6.45, 7) is 3.22. The van der Waals surface area contributed by atoms with Crippen LogP contribution in [-0.2, 0) is 9.59 Å². The van der Waals surface area contributed by atoms with Crippen molar-refractivity contribution >= 4 is 11.9 Å². The van der Waals surface area contributed by atoms with Crippen LogP contribution in [0.15, 0.2) is 18.5 Å². The molecule has 1 heterocycles. The highest BCUT2D eigenvalue weighted by Crippen LogP contribution is 2.19. The van der Waals surface area contributed by atoms with Gasteiger partial charge in [0.2, 0.25) is 5.91 Å². The smallest absolute Gasteiger partial charge is 0.305 e. The zero-order valence-electron chi connectivity index (χ0n) is 9.23. The van der Waals surface area contributed by atoms with Crippen molar-refractivity contribution in [3.63, 3.8) is 0 Å². The number of rotatable bonds is 4. The summed E-state index contributed by atoms with van der Waals surface area (Å²) in [5.41, 5.74) is 1.65. The third-order valence-electron chi connectivity index (χ3n) is 2.21. The highest BCUT2D eigenvalue weighted by molar-refractivity contribution is 5.75. The minimum atomic E-state index is -0.956. The average Bonchev–Trinajstić information content (AvgIpc) is 2.15. The second-order valence-electron chi connectivity index (χ2n) is 3.58. The van der Waals surface area contributed by atoms with Crippen LogP contribution >= 0.6 is 0 Å². The molecule has 5 heteroatoms. The van der Waals surface area contributed by atoms with Gasteiger partial charge in [-0.25, -0.2) is 0 Å². The Balaban J connectivity index is 2.96. The van der Waals surface area contributed by atoms with Gasteiger partial charge in [0.05, 0.1) is 12.5 Å². The van der Waals surface area contributed by atoms with E-state index in [1.807, 2.05) is 6.92 Å². The van der Waals surface area contributed by atoms with Crippen LogP contribution in [0.2, 0.25) is 0 Å². The summed E-state index contributed by atoms with van der Waals surface area (Å²) in [6.07, 6.45) is 3.06. The predicted octanol–water partition coefficient (Wildman–Crippen LogP) is 1.04. The lowest BCUT2D eigenvalue weighted by Crippen LogP contribution is -2.28. The topological polar surface area (TPSA) is 79.3 Å². The van der Waals surface area contributed by atoms with E-state index in [4.69, 9.17) is 5.11 Å². The summed E-state index contributed by atoms with van der Waals surface area (Å²) in [6, 6.07) is 1.26. The highest BCUT2D eigenvalue weighted by atomic mass is 16.4. The lowest BCUT2D eigenvalue weighted by molar-refractivity contribution is -0.137. The average molecular weight is 222 g/mol. The molecule has 0 radical (unpaired) electrons. The lowest BCUT2D eigenvalue weighted by atomic mass is 10.0. The molecular formula is C11H14N2O3. The number of amides is 1. The van der Waals surface area contributed by atoms with Gasteiger partial charge in [-0.15, -0.1) is 0 Å². The first kappa shape index (κ1) is 12.2. The summed E-state index contributed by atoms with van der Waals surface area (Å²) in [5, 5.41) is 11.4. The molecule has 86 valence electrons. The number of carbonyl (C=O) groups is 2. The first-order valence-corrected chi connectivity index (χ1v) is 4.90. The minimum Gasteiger partial charge on any atom is -0.481 e. The molecule has 1 aromatic rings. The van der Waals surface area contributed by atoms with Gasteiger partial charge in [-0.3, -0.25) is 14.6 Å². The van der Waals surface area contributed by atoms with E-state index in [-0.39, 0.29) is 12.3 Å². The van der Waals surface area contributed by atoms with Crippen molar-refractivity contribution in [1.82, 2.24) is 10.3 Å². The van der Waals surface area contributed by atoms with Crippen LogP contribution in [0.3, 0.4) is 0 Å². The first-order valence-electron chi connectivity index (χ1n) is 4.90. The van der Waals surface area contributed by atoms with Crippen molar-refractivity contribution < 1.29 is 14.7 Å². The van der Waals surface area contributed by atoms with E-state index in [0.717, 1.165) is 11.1 Å². The fourth-order valence-corrected chi connectivity index (χ4v) is 1.50. The molecule has 0 aromatic carbocycles. The Bertz CT molecular complexity index is 388. The van der Waals surface area contributed by atoms with Gasteiger partial charge >= 0.3 is 5.97 Å². The minimum absolute atomic E-state index is 0.147. The van der Waals surface area contributed by atoms with Gasteiger partial charge in [-0.2, -0.15) is 0 Å². The van der Waals surface area contributed by atoms with Crippen molar-refractivity contribution in [2.75, 3.05) is 0 Å². The van der Waals surface area contributed by atoms with Gasteiger partial charge in [-0.1, -0.05) is 0 Å². The number of aromatic nitrogens is 1. The van der Waals surface area contributed by atoms with Gasteiger partial charge in [0.15, 0.2) is 0 Å². The molecule has 0 saturated carbocycles. The molecule has 5 nitrogen and oxygen atoms in total. The number of aliphatic carboxylic acids is 1. The van der Waals surface area contributed by atoms with Crippen molar-refractivity contribution in [1.29, 1.82) is 0 Å². The second-order valence-corrected chi connectivity index (χ2v) is 3.58. The molecule has 0 spiro atoms. The third-order valence-corrected chi connectivity index (χ3v) is 2.21. The molecule has 1 atom stereocenters. The van der Waals surface area contributed by atoms with E-state index in [2.05, 4.69) is 10.3 Å². The maximum absolute atomic E-state index is 11.0. The van der Waals surface area contributed by atoms with Crippen LogP contribution in [0.25, 0.3) is 0 Å². The number of nitrogens with zero attached hydrogens (tertiary/aromatic N) is 1. The molecular weight excluding hydrogens is 208 g/mol. The maximum atomic E-state index is 11.0. The van der Waals surface area contributed by atoms with Crippen LogP contribution < -0.4 is 5.32 Å². The van der Waals surface area contributed by atoms with Gasteiger partial charge < -0.3 is 10.4 Å². The number of carboxylic acids is 1. The molecule has 0 aliphatic rings. The largest absolute Gasteiger partial charge is 0.481 e. The quantitative estimate of drug-likeness (QED) is 0.797. The monoisotopic (exact) mass is 222 g/mol. The van der Waals surface area contributed by atoms with E-state index in [1.165, 1.54) is 6.92 Å². The molecule has 1 rings (SSSR count). The fourth-order valence-electron chi connectivity index (χ4n) is 1.50. The Morgan fingerprint density at radius 3 is 2.75 bits per heavy atom. The Labute approximate surface area is 93.5 Å². The Morgan fingerprint density at radius 1 is 1.56 bits per heavy atom. The summed E-state index contributed by atoms with van der Waals surface area (Å²) in [7, 11) is 0. The van der Waals surface area contributed by atoms with E-state index < -0.39 is 12.0 Å². The summed E-state index contributed by atoms with van der Waals surface area (Å²) < 4.78 is 0. The standard InChI is InChI=1S/C11H14N2O3/c1-7-3-4-12-6-9(7)10(5-11(15)16)13-8(2)14/h3-4,6,10H,5H2,1-2H3,(H,13,14)(H,15,16). The SMILES string of the molecule is CC(=O)NC(CC(=O)O)c1cnccc1C. The number of nitrogens with one attached hydrogen (secondary N) is 1. The normalized spacial score (nSPS) is 11.9. The fraction of sp³-hybridized carbons (Fsp3) is 0.364. The first-order chi connectivity index (χ1) is 7.50. The van der Waals surface area contributed by atoms with Crippen molar-refractivity contribution in [3.05, 3.63) is 29.6 Å². The molecule has 1 amide bonds. The number of aryl methyl sites for hydroxylation is 1. The van der Waals surface area contributed by atoms with Gasteiger partial charge in [0.25, 0.3) is 0 Å². The van der Waals surface area contributed by atoms with Crippen molar-refractivity contribution in [3.8, 4) is 0 Å². The lowest BCUT2D eigenvalue weighted by Gasteiger charge is -2.17. The molecule has 2 N–H and O–H groups in total. The van der Waals surface area contributed by atoms with Crippen LogP contribution in [0.1, 0.15) is 30.5 Å². The molecule has 16 heavy (non-hydrogen) atoms. The maximum Gasteiger partial charge on any atom is 0.305 e. The van der Waals surface area contributed by atoms with Gasteiger partial charge in [0, 0.05) is 19.3 Å². The van der Waals surface area contributed by atoms with Crippen LogP contribution in [0.5, 0.6) is 0 Å². The van der Waals surface area contributed by atoms with E-state index in [9.17, 15) is 9.59 Å². The Hall–Kier alpha value is -1.91. The predicted molar refractivity (Wildman–Crippen MR) is 57.8 cm³/mol. The van der Waals surface area contributed by atoms with E-state index in [0.29, 0.717) is 0 Å². The zero-order chi connectivity index (χ0) is 12.1.